The molecule has 0 saturated carbocycles. The summed E-state index contributed by atoms with van der Waals surface area (Å²) >= 11 is 0. The molecule has 0 atom stereocenters. The second-order valence-electron chi connectivity index (χ2n) is 2.24. The molecule has 5 heteroatoms. The van der Waals surface area contributed by atoms with E-state index >= 15 is 0 Å². The topological polar surface area (TPSA) is 69.7 Å². The number of ether oxygens (including phenoxy) is 1. The predicted octanol–water partition coefficient (Wildman–Crippen LogP) is 0.512. The summed E-state index contributed by atoms with van der Waals surface area (Å²) in [4.78, 5) is 21.4. The average molecular weight is 180 g/mol. The fourth-order valence-corrected chi connectivity index (χ4v) is 0.833. The Morgan fingerprint density at radius 2 is 1.77 bits per heavy atom. The highest BCUT2D eigenvalue weighted by Crippen LogP contribution is 2.18. The Morgan fingerprint density at radius 1 is 1.00 bits per heavy atom. The Bertz CT molecular complexity index is 488. The van der Waals surface area contributed by atoms with Gasteiger partial charge in [0.05, 0.1) is 6.26 Å². The lowest BCUT2D eigenvalue weighted by atomic mass is 10.4. The van der Waals surface area contributed by atoms with Crippen LogP contribution in [0.15, 0.2) is 36.8 Å². The van der Waals surface area contributed by atoms with Crippen molar-refractivity contribution in [1.29, 1.82) is 0 Å². The van der Waals surface area contributed by atoms with Crippen LogP contribution in [0, 0.1) is 0 Å². The lowest BCUT2D eigenvalue weighted by molar-refractivity contribution is 0.272. The smallest absolute Gasteiger partial charge is 0.425 e. The fourth-order valence-electron chi connectivity index (χ4n) is 0.833. The van der Waals surface area contributed by atoms with E-state index in [4.69, 9.17) is 4.74 Å². The highest BCUT2D eigenvalue weighted by Gasteiger charge is 2.11. The van der Waals surface area contributed by atoms with E-state index in [-0.39, 0.29) is 11.7 Å². The fraction of sp³-hybridized carbons (Fsp3) is 0. The molecule has 0 saturated heterocycles. The molecule has 13 heavy (non-hydrogen) atoms. The molecular weight excluding hydrogens is 176 g/mol. The third-order valence-corrected chi connectivity index (χ3v) is 1.37. The Morgan fingerprint density at radius 3 is 2.62 bits per heavy atom. The van der Waals surface area contributed by atoms with Crippen molar-refractivity contribution < 1.29 is 13.6 Å². The molecule has 2 heterocycles. The second kappa shape index (κ2) is 2.78. The summed E-state index contributed by atoms with van der Waals surface area (Å²) in [6.07, 6.45) is 5.93. The molecule has 0 unspecified atom stereocenters. The van der Waals surface area contributed by atoms with Gasteiger partial charge in [-0.05, 0) is 12.2 Å². The van der Waals surface area contributed by atoms with Crippen molar-refractivity contribution in [3.05, 3.63) is 45.0 Å². The van der Waals surface area contributed by atoms with Gasteiger partial charge in [0.25, 0.3) is 0 Å². The summed E-state index contributed by atoms with van der Waals surface area (Å²) < 4.78 is 14.0. The van der Waals surface area contributed by atoms with E-state index in [0.29, 0.717) is 0 Å². The number of hydrogen-bond donors (Lipinski definition) is 0. The number of allylic oxidation sites excluding steroid dienone is 2. The summed E-state index contributed by atoms with van der Waals surface area (Å²) in [5.41, 5.74) is -2.13. The van der Waals surface area contributed by atoms with Crippen LogP contribution in [-0.4, -0.2) is 0 Å². The molecule has 2 rings (SSSR count). The number of hydrogen-bond acceptors (Lipinski definition) is 5. The molecule has 1 aromatic heterocycles. The zero-order chi connectivity index (χ0) is 9.26. The van der Waals surface area contributed by atoms with Gasteiger partial charge in [-0.2, -0.15) is 0 Å². The quantitative estimate of drug-likeness (QED) is 0.544. The van der Waals surface area contributed by atoms with Crippen LogP contribution in [0.25, 0.3) is 6.08 Å². The Labute approximate surface area is 71.6 Å². The predicted molar refractivity (Wildman–Crippen MR) is 42.3 cm³/mol. The van der Waals surface area contributed by atoms with Gasteiger partial charge in [0.15, 0.2) is 0 Å². The lowest BCUT2D eigenvalue weighted by Crippen LogP contribution is -2.21. The summed E-state index contributed by atoms with van der Waals surface area (Å²) in [6.45, 7) is 0. The zero-order valence-corrected chi connectivity index (χ0v) is 6.35. The normalized spacial score (nSPS) is 13.2. The molecule has 1 aliphatic heterocycles. The minimum absolute atomic E-state index is 0.0922. The highest BCUT2D eigenvalue weighted by atomic mass is 16.6. The first-order chi connectivity index (χ1) is 6.27. The van der Waals surface area contributed by atoms with Crippen molar-refractivity contribution in [2.75, 3.05) is 0 Å². The summed E-state index contributed by atoms with van der Waals surface area (Å²) in [7, 11) is 0. The maximum Gasteiger partial charge on any atom is 0.425 e. The van der Waals surface area contributed by atoms with Crippen LogP contribution >= 0.6 is 0 Å². The third-order valence-electron chi connectivity index (χ3n) is 1.37. The Hall–Kier alpha value is -2.04. The van der Waals surface area contributed by atoms with E-state index in [0.717, 1.165) is 0 Å². The standard InChI is InChI=1S/C8H4O5/c9-6-7(10)13-8-5(12-6)3-1-2-4-11-8/h1-4H. The molecule has 0 bridgehead atoms. The second-order valence-corrected chi connectivity index (χ2v) is 2.24. The zero-order valence-electron chi connectivity index (χ0n) is 6.35. The average Bonchev–Trinajstić information content (AvgIpc) is 2.31. The summed E-state index contributed by atoms with van der Waals surface area (Å²) in [6, 6.07) is 0. The Balaban J connectivity index is 2.71. The molecule has 1 aliphatic rings. The van der Waals surface area contributed by atoms with Gasteiger partial charge in [-0.15, -0.1) is 0 Å². The highest BCUT2D eigenvalue weighted by molar-refractivity contribution is 5.50. The van der Waals surface area contributed by atoms with E-state index in [9.17, 15) is 9.59 Å². The molecule has 1 aromatic rings. The largest absolute Gasteiger partial charge is 0.431 e. The van der Waals surface area contributed by atoms with Crippen LogP contribution in [0.4, 0.5) is 0 Å². The van der Waals surface area contributed by atoms with Crippen LogP contribution < -0.4 is 16.0 Å². The van der Waals surface area contributed by atoms with Crippen LogP contribution in [0.5, 0.6) is 5.95 Å². The van der Waals surface area contributed by atoms with Gasteiger partial charge in [-0.1, -0.05) is 6.08 Å². The van der Waals surface area contributed by atoms with Crippen molar-refractivity contribution in [2.45, 2.75) is 0 Å². The van der Waals surface area contributed by atoms with Crippen LogP contribution in [0.3, 0.4) is 0 Å². The van der Waals surface area contributed by atoms with Gasteiger partial charge in [0, 0.05) is 0 Å². The van der Waals surface area contributed by atoms with E-state index in [1.165, 1.54) is 12.3 Å². The molecule has 66 valence electrons. The molecule has 0 spiro atoms. The molecular formula is C8H4O5. The van der Waals surface area contributed by atoms with E-state index in [2.05, 4.69) is 8.83 Å². The van der Waals surface area contributed by atoms with Gasteiger partial charge in [-0.25, -0.2) is 9.59 Å². The van der Waals surface area contributed by atoms with E-state index in [1.807, 2.05) is 0 Å². The van der Waals surface area contributed by atoms with Crippen molar-refractivity contribution >= 4 is 6.08 Å². The van der Waals surface area contributed by atoms with Gasteiger partial charge in [-0.3, -0.25) is 0 Å². The van der Waals surface area contributed by atoms with Crippen molar-refractivity contribution in [2.24, 2.45) is 0 Å². The minimum atomic E-state index is -1.08. The molecule has 0 radical (unpaired) electrons. The first-order valence-electron chi connectivity index (χ1n) is 3.45. The van der Waals surface area contributed by atoms with Crippen LogP contribution in [-0.2, 0) is 0 Å². The monoisotopic (exact) mass is 180 g/mol. The molecule has 0 aliphatic carbocycles. The van der Waals surface area contributed by atoms with Crippen LogP contribution in [0.1, 0.15) is 5.76 Å². The van der Waals surface area contributed by atoms with Crippen LogP contribution in [0.2, 0.25) is 0 Å². The Kier molecular flexibility index (Phi) is 1.63. The molecule has 0 amide bonds. The minimum Gasteiger partial charge on any atom is -0.431 e. The maximum absolute atomic E-state index is 10.7. The lowest BCUT2D eigenvalue weighted by Gasteiger charge is -1.96. The van der Waals surface area contributed by atoms with Gasteiger partial charge < -0.3 is 13.6 Å². The van der Waals surface area contributed by atoms with Crippen molar-refractivity contribution in [1.82, 2.24) is 0 Å². The van der Waals surface area contributed by atoms with Crippen molar-refractivity contribution in [3.8, 4) is 5.95 Å². The summed E-state index contributed by atoms with van der Waals surface area (Å²) in [5, 5.41) is 0. The van der Waals surface area contributed by atoms with Gasteiger partial charge >= 0.3 is 17.2 Å². The van der Waals surface area contributed by atoms with Gasteiger partial charge in [0.2, 0.25) is 5.76 Å². The molecule has 0 fully saturated rings. The SMILES string of the molecule is O=c1oc2c(oc1=O)OC=CC=C2. The maximum atomic E-state index is 10.7. The molecule has 0 aromatic carbocycles. The van der Waals surface area contributed by atoms with E-state index < -0.39 is 11.3 Å². The first-order valence-corrected chi connectivity index (χ1v) is 3.45. The number of rotatable bonds is 0. The van der Waals surface area contributed by atoms with Crippen molar-refractivity contribution in [3.63, 3.8) is 0 Å². The number of fused-ring (bicyclic) bond motifs is 1. The molecule has 5 nitrogen and oxygen atoms in total. The third kappa shape index (κ3) is 1.31. The molecule has 0 N–H and O–H groups in total. The van der Waals surface area contributed by atoms with E-state index in [1.54, 1.807) is 12.2 Å². The van der Waals surface area contributed by atoms with Gasteiger partial charge in [0.1, 0.15) is 0 Å². The summed E-state index contributed by atoms with van der Waals surface area (Å²) in [5.74, 6) is -0.0239. The first kappa shape index (κ1) is 7.60.